The second kappa shape index (κ2) is 6.39. The molecular formula is C10H13ClN2O4. The number of aromatic carboxylic acids is 1. The molecule has 0 radical (unpaired) electrons. The van der Waals surface area contributed by atoms with Gasteiger partial charge in [-0.15, -0.1) is 0 Å². The number of pyridine rings is 1. The van der Waals surface area contributed by atoms with Crippen LogP contribution in [0.15, 0.2) is 12.3 Å². The van der Waals surface area contributed by atoms with Crippen LogP contribution in [0.4, 0.5) is 5.82 Å². The molecule has 1 aromatic heterocycles. The van der Waals surface area contributed by atoms with E-state index in [2.05, 4.69) is 4.98 Å². The number of aliphatic hydroxyl groups is 2. The third kappa shape index (κ3) is 3.55. The Labute approximate surface area is 103 Å². The van der Waals surface area contributed by atoms with Crippen molar-refractivity contribution in [1.82, 2.24) is 4.98 Å². The summed E-state index contributed by atoms with van der Waals surface area (Å²) in [6, 6.07) is 1.32. The number of aromatic nitrogens is 1. The van der Waals surface area contributed by atoms with Gasteiger partial charge in [-0.1, -0.05) is 11.6 Å². The van der Waals surface area contributed by atoms with Crippen LogP contribution >= 0.6 is 11.6 Å². The Morgan fingerprint density at radius 3 is 2.41 bits per heavy atom. The molecule has 94 valence electrons. The van der Waals surface area contributed by atoms with Gasteiger partial charge in [0.1, 0.15) is 5.82 Å². The van der Waals surface area contributed by atoms with Crippen LogP contribution in [0.3, 0.4) is 0 Å². The fraction of sp³-hybridized carbons (Fsp3) is 0.400. The normalized spacial score (nSPS) is 10.3. The van der Waals surface area contributed by atoms with Gasteiger partial charge in [0.25, 0.3) is 0 Å². The van der Waals surface area contributed by atoms with Crippen molar-refractivity contribution < 1.29 is 20.1 Å². The van der Waals surface area contributed by atoms with Crippen LogP contribution < -0.4 is 4.90 Å². The minimum atomic E-state index is -1.15. The molecule has 1 rings (SSSR count). The summed E-state index contributed by atoms with van der Waals surface area (Å²) in [5.41, 5.74) is -0.0578. The molecular weight excluding hydrogens is 248 g/mol. The zero-order chi connectivity index (χ0) is 12.8. The molecule has 0 aromatic carbocycles. The topological polar surface area (TPSA) is 93.9 Å². The van der Waals surface area contributed by atoms with Gasteiger partial charge in [0.2, 0.25) is 0 Å². The number of halogens is 1. The molecule has 17 heavy (non-hydrogen) atoms. The Hall–Kier alpha value is -1.37. The Balaban J connectivity index is 3.03. The zero-order valence-corrected chi connectivity index (χ0v) is 9.76. The number of carboxylic acids is 1. The van der Waals surface area contributed by atoms with Crippen LogP contribution in [0.2, 0.25) is 5.02 Å². The highest BCUT2D eigenvalue weighted by Gasteiger charge is 2.14. The smallest absolute Gasteiger partial charge is 0.337 e. The Bertz CT molecular complexity index is 394. The summed E-state index contributed by atoms with van der Waals surface area (Å²) < 4.78 is 0. The number of anilines is 1. The predicted octanol–water partition coefficient (Wildman–Crippen LogP) is 0.224. The van der Waals surface area contributed by atoms with Crippen LogP contribution in [0.25, 0.3) is 0 Å². The van der Waals surface area contributed by atoms with Crippen LogP contribution in [-0.2, 0) is 0 Å². The number of hydrogen-bond donors (Lipinski definition) is 3. The SMILES string of the molecule is O=C(O)c1cc(N(CCO)CCO)ncc1Cl. The largest absolute Gasteiger partial charge is 0.478 e. The van der Waals surface area contributed by atoms with Crippen molar-refractivity contribution in [2.24, 2.45) is 0 Å². The summed E-state index contributed by atoms with van der Waals surface area (Å²) >= 11 is 5.69. The molecule has 0 spiro atoms. The molecule has 1 heterocycles. The van der Waals surface area contributed by atoms with Crippen molar-refractivity contribution in [3.63, 3.8) is 0 Å². The summed E-state index contributed by atoms with van der Waals surface area (Å²) in [4.78, 5) is 16.4. The van der Waals surface area contributed by atoms with Crippen molar-refractivity contribution in [3.8, 4) is 0 Å². The maximum Gasteiger partial charge on any atom is 0.337 e. The average Bonchev–Trinajstić information content (AvgIpc) is 2.29. The lowest BCUT2D eigenvalue weighted by Gasteiger charge is -2.21. The van der Waals surface area contributed by atoms with Gasteiger partial charge in [-0.05, 0) is 6.07 Å². The summed E-state index contributed by atoms with van der Waals surface area (Å²) in [5, 5.41) is 26.7. The fourth-order valence-electron chi connectivity index (χ4n) is 1.35. The minimum Gasteiger partial charge on any atom is -0.478 e. The third-order valence-corrected chi connectivity index (χ3v) is 2.44. The van der Waals surface area contributed by atoms with Gasteiger partial charge in [0, 0.05) is 19.3 Å². The lowest BCUT2D eigenvalue weighted by Crippen LogP contribution is -2.30. The number of rotatable bonds is 6. The van der Waals surface area contributed by atoms with Crippen molar-refractivity contribution in [1.29, 1.82) is 0 Å². The molecule has 7 heteroatoms. The van der Waals surface area contributed by atoms with Gasteiger partial charge in [0.15, 0.2) is 0 Å². The van der Waals surface area contributed by atoms with Crippen LogP contribution in [0.5, 0.6) is 0 Å². The van der Waals surface area contributed by atoms with Crippen molar-refractivity contribution >= 4 is 23.4 Å². The molecule has 6 nitrogen and oxygen atoms in total. The third-order valence-electron chi connectivity index (χ3n) is 2.14. The average molecular weight is 261 g/mol. The first-order chi connectivity index (χ1) is 8.10. The molecule has 3 N–H and O–H groups in total. The van der Waals surface area contributed by atoms with Gasteiger partial charge >= 0.3 is 5.97 Å². The lowest BCUT2D eigenvalue weighted by atomic mass is 10.2. The highest BCUT2D eigenvalue weighted by molar-refractivity contribution is 6.33. The molecule has 0 amide bonds. The number of hydrogen-bond acceptors (Lipinski definition) is 5. The van der Waals surface area contributed by atoms with Crippen LogP contribution in [0, 0.1) is 0 Å². The van der Waals surface area contributed by atoms with E-state index in [1.54, 1.807) is 4.90 Å². The first kappa shape index (κ1) is 13.7. The molecule has 0 aliphatic rings. The number of carboxylic acid groups (broad SMARTS) is 1. The van der Waals surface area contributed by atoms with E-state index in [4.69, 9.17) is 26.9 Å². The fourth-order valence-corrected chi connectivity index (χ4v) is 1.53. The maximum atomic E-state index is 10.9. The molecule has 0 aliphatic carbocycles. The van der Waals surface area contributed by atoms with Gasteiger partial charge in [-0.3, -0.25) is 0 Å². The molecule has 0 saturated carbocycles. The van der Waals surface area contributed by atoms with E-state index in [0.29, 0.717) is 5.82 Å². The first-order valence-electron chi connectivity index (χ1n) is 4.95. The van der Waals surface area contributed by atoms with E-state index in [1.165, 1.54) is 12.3 Å². The van der Waals surface area contributed by atoms with E-state index >= 15 is 0 Å². The zero-order valence-electron chi connectivity index (χ0n) is 9.01. The Morgan fingerprint density at radius 2 is 1.94 bits per heavy atom. The molecule has 0 fully saturated rings. The highest BCUT2D eigenvalue weighted by Crippen LogP contribution is 2.20. The summed E-state index contributed by atoms with van der Waals surface area (Å²) in [6.45, 7) is 0.280. The van der Waals surface area contributed by atoms with Crippen molar-refractivity contribution in [2.45, 2.75) is 0 Å². The molecule has 1 aromatic rings. The van der Waals surface area contributed by atoms with Gasteiger partial charge in [-0.25, -0.2) is 9.78 Å². The first-order valence-corrected chi connectivity index (χ1v) is 5.33. The van der Waals surface area contributed by atoms with Crippen LogP contribution in [-0.4, -0.2) is 52.6 Å². The highest BCUT2D eigenvalue weighted by atomic mass is 35.5. The quantitative estimate of drug-likeness (QED) is 0.678. The number of carbonyl (C=O) groups is 1. The monoisotopic (exact) mass is 260 g/mol. The molecule has 0 unspecified atom stereocenters. The van der Waals surface area contributed by atoms with E-state index in [0.717, 1.165) is 0 Å². The van der Waals surface area contributed by atoms with Crippen LogP contribution in [0.1, 0.15) is 10.4 Å². The summed E-state index contributed by atoms with van der Waals surface area (Å²) in [6.07, 6.45) is 1.24. The second-order valence-electron chi connectivity index (χ2n) is 3.26. The van der Waals surface area contributed by atoms with E-state index in [1.807, 2.05) is 0 Å². The van der Waals surface area contributed by atoms with Gasteiger partial charge in [0.05, 0.1) is 23.8 Å². The lowest BCUT2D eigenvalue weighted by molar-refractivity contribution is 0.0697. The summed E-state index contributed by atoms with van der Waals surface area (Å²) in [5.74, 6) is -0.790. The van der Waals surface area contributed by atoms with Crippen molar-refractivity contribution in [2.75, 3.05) is 31.2 Å². The molecule has 0 saturated heterocycles. The molecule has 0 bridgehead atoms. The van der Waals surface area contributed by atoms with E-state index in [9.17, 15) is 4.79 Å². The second-order valence-corrected chi connectivity index (χ2v) is 3.67. The van der Waals surface area contributed by atoms with E-state index < -0.39 is 5.97 Å². The van der Waals surface area contributed by atoms with Crippen molar-refractivity contribution in [3.05, 3.63) is 22.8 Å². The number of nitrogens with zero attached hydrogens (tertiary/aromatic N) is 2. The Kier molecular flexibility index (Phi) is 5.14. The Morgan fingerprint density at radius 1 is 1.35 bits per heavy atom. The standard InChI is InChI=1S/C10H13ClN2O4/c11-8-6-12-9(5-7(8)10(16)17)13(1-3-14)2-4-15/h5-6,14-15H,1-4H2,(H,16,17). The molecule has 0 atom stereocenters. The maximum absolute atomic E-state index is 10.9. The summed E-state index contributed by atoms with van der Waals surface area (Å²) in [7, 11) is 0. The van der Waals surface area contributed by atoms with Gasteiger partial charge < -0.3 is 20.2 Å². The predicted molar refractivity (Wildman–Crippen MR) is 62.6 cm³/mol. The number of aliphatic hydroxyl groups excluding tert-OH is 2. The van der Waals surface area contributed by atoms with E-state index in [-0.39, 0.29) is 36.9 Å². The minimum absolute atomic E-state index is 0.0502. The van der Waals surface area contributed by atoms with Gasteiger partial charge in [-0.2, -0.15) is 0 Å². The molecule has 0 aliphatic heterocycles.